The van der Waals surface area contributed by atoms with Gasteiger partial charge in [0.1, 0.15) is 11.6 Å². The van der Waals surface area contributed by atoms with Gasteiger partial charge < -0.3 is 5.73 Å². The highest BCUT2D eigenvalue weighted by Crippen LogP contribution is 2.08. The van der Waals surface area contributed by atoms with E-state index in [1.54, 1.807) is 10.9 Å². The van der Waals surface area contributed by atoms with Crippen molar-refractivity contribution >= 4 is 0 Å². The molecule has 2 heterocycles. The first-order valence-electron chi connectivity index (χ1n) is 4.76. The minimum absolute atomic E-state index is 0.502. The second-order valence-electron chi connectivity index (χ2n) is 3.34. The third-order valence-corrected chi connectivity index (χ3v) is 2.14. The number of aryl methyl sites for hydroxylation is 2. The fourth-order valence-corrected chi connectivity index (χ4v) is 1.44. The molecular weight excluding hydrogens is 190 g/mol. The van der Waals surface area contributed by atoms with Gasteiger partial charge in [0, 0.05) is 12.7 Å². The molecular formula is C10H13N5. The summed E-state index contributed by atoms with van der Waals surface area (Å²) in [5, 5.41) is 4.26. The fraction of sp³-hybridized carbons (Fsp3) is 0.300. The van der Waals surface area contributed by atoms with Crippen LogP contribution in [-0.2, 0) is 6.54 Å². The Balaban J connectivity index is 2.49. The van der Waals surface area contributed by atoms with E-state index >= 15 is 0 Å². The van der Waals surface area contributed by atoms with Crippen molar-refractivity contribution in [2.45, 2.75) is 20.4 Å². The maximum absolute atomic E-state index is 5.57. The lowest BCUT2D eigenvalue weighted by molar-refractivity contribution is 0.800. The van der Waals surface area contributed by atoms with Gasteiger partial charge in [-0.15, -0.1) is 5.10 Å². The Labute approximate surface area is 88.0 Å². The Bertz CT molecular complexity index is 474. The molecule has 0 amide bonds. The summed E-state index contributed by atoms with van der Waals surface area (Å²) in [6.07, 6.45) is 1.73. The fourth-order valence-electron chi connectivity index (χ4n) is 1.44. The van der Waals surface area contributed by atoms with E-state index in [0.717, 1.165) is 23.0 Å². The van der Waals surface area contributed by atoms with Gasteiger partial charge in [-0.3, -0.25) is 0 Å². The molecule has 0 aliphatic heterocycles. The lowest BCUT2D eigenvalue weighted by atomic mass is 10.2. The summed E-state index contributed by atoms with van der Waals surface area (Å²) in [6.45, 7) is 4.26. The molecule has 15 heavy (non-hydrogen) atoms. The van der Waals surface area contributed by atoms with Crippen LogP contribution in [0.25, 0.3) is 5.82 Å². The van der Waals surface area contributed by atoms with E-state index in [0.29, 0.717) is 6.54 Å². The summed E-state index contributed by atoms with van der Waals surface area (Å²) in [5.74, 6) is 2.33. The number of nitrogens with two attached hydrogens (primary N) is 1. The Hall–Kier alpha value is -1.75. The van der Waals surface area contributed by atoms with E-state index in [1.165, 1.54) is 0 Å². The predicted octanol–water partition coefficient (Wildman–Crippen LogP) is 0.738. The standard InChI is InChI=1S/C10H13N5/c1-7-13-8(2)15(14-7)10-5-9(6-11)3-4-12-10/h3-5H,6,11H2,1-2H3. The zero-order valence-corrected chi connectivity index (χ0v) is 8.81. The number of rotatable bonds is 2. The van der Waals surface area contributed by atoms with Crippen molar-refractivity contribution in [2.75, 3.05) is 0 Å². The van der Waals surface area contributed by atoms with Crippen LogP contribution in [0.3, 0.4) is 0 Å². The van der Waals surface area contributed by atoms with E-state index < -0.39 is 0 Å². The van der Waals surface area contributed by atoms with E-state index in [4.69, 9.17) is 5.73 Å². The molecule has 0 saturated heterocycles. The van der Waals surface area contributed by atoms with Crippen LogP contribution in [0.5, 0.6) is 0 Å². The molecule has 0 aromatic carbocycles. The van der Waals surface area contributed by atoms with Crippen LogP contribution in [0.2, 0.25) is 0 Å². The highest BCUT2D eigenvalue weighted by molar-refractivity contribution is 5.27. The quantitative estimate of drug-likeness (QED) is 0.781. The predicted molar refractivity (Wildman–Crippen MR) is 56.5 cm³/mol. The van der Waals surface area contributed by atoms with E-state index in [2.05, 4.69) is 15.1 Å². The van der Waals surface area contributed by atoms with Crippen LogP contribution in [0.15, 0.2) is 18.3 Å². The van der Waals surface area contributed by atoms with Crippen molar-refractivity contribution in [3.8, 4) is 5.82 Å². The molecule has 2 aromatic rings. The normalized spacial score (nSPS) is 10.6. The Morgan fingerprint density at radius 2 is 2.20 bits per heavy atom. The van der Waals surface area contributed by atoms with Crippen molar-refractivity contribution in [2.24, 2.45) is 5.73 Å². The van der Waals surface area contributed by atoms with Crippen molar-refractivity contribution < 1.29 is 0 Å². The van der Waals surface area contributed by atoms with Crippen molar-refractivity contribution in [1.82, 2.24) is 19.7 Å². The molecule has 78 valence electrons. The van der Waals surface area contributed by atoms with Crippen LogP contribution in [-0.4, -0.2) is 19.7 Å². The first-order chi connectivity index (χ1) is 7.20. The zero-order chi connectivity index (χ0) is 10.8. The molecule has 0 bridgehead atoms. The second-order valence-corrected chi connectivity index (χ2v) is 3.34. The van der Waals surface area contributed by atoms with Gasteiger partial charge in [0.2, 0.25) is 0 Å². The summed E-state index contributed by atoms with van der Waals surface area (Å²) in [6, 6.07) is 3.81. The molecule has 0 saturated carbocycles. The van der Waals surface area contributed by atoms with E-state index in [1.807, 2.05) is 26.0 Å². The van der Waals surface area contributed by atoms with Crippen molar-refractivity contribution in [3.05, 3.63) is 35.5 Å². The average Bonchev–Trinajstić information content (AvgIpc) is 2.58. The summed E-state index contributed by atoms with van der Waals surface area (Å²) in [5.41, 5.74) is 6.60. The maximum Gasteiger partial charge on any atom is 0.155 e. The second kappa shape index (κ2) is 3.78. The molecule has 0 unspecified atom stereocenters. The number of aromatic nitrogens is 4. The molecule has 0 radical (unpaired) electrons. The average molecular weight is 203 g/mol. The van der Waals surface area contributed by atoms with E-state index in [-0.39, 0.29) is 0 Å². The Morgan fingerprint density at radius 3 is 2.80 bits per heavy atom. The molecule has 2 aromatic heterocycles. The van der Waals surface area contributed by atoms with Gasteiger partial charge >= 0.3 is 0 Å². The topological polar surface area (TPSA) is 69.6 Å². The van der Waals surface area contributed by atoms with E-state index in [9.17, 15) is 0 Å². The zero-order valence-electron chi connectivity index (χ0n) is 8.81. The van der Waals surface area contributed by atoms with Crippen molar-refractivity contribution in [3.63, 3.8) is 0 Å². The molecule has 0 aliphatic carbocycles. The molecule has 0 spiro atoms. The Morgan fingerprint density at radius 1 is 1.40 bits per heavy atom. The smallest absolute Gasteiger partial charge is 0.155 e. The molecule has 0 atom stereocenters. The summed E-state index contributed by atoms with van der Waals surface area (Å²) in [7, 11) is 0. The van der Waals surface area contributed by atoms with Crippen LogP contribution in [0.4, 0.5) is 0 Å². The van der Waals surface area contributed by atoms with Gasteiger partial charge in [-0.2, -0.15) is 4.68 Å². The van der Waals surface area contributed by atoms with Gasteiger partial charge in [-0.05, 0) is 31.5 Å². The van der Waals surface area contributed by atoms with Crippen LogP contribution in [0.1, 0.15) is 17.2 Å². The summed E-state index contributed by atoms with van der Waals surface area (Å²) in [4.78, 5) is 8.46. The monoisotopic (exact) mass is 203 g/mol. The molecule has 2 rings (SSSR count). The first-order valence-corrected chi connectivity index (χ1v) is 4.76. The SMILES string of the molecule is Cc1nc(C)n(-c2cc(CN)ccn2)n1. The largest absolute Gasteiger partial charge is 0.326 e. The lowest BCUT2D eigenvalue weighted by Crippen LogP contribution is -2.04. The lowest BCUT2D eigenvalue weighted by Gasteiger charge is -2.03. The van der Waals surface area contributed by atoms with Crippen LogP contribution in [0, 0.1) is 13.8 Å². The van der Waals surface area contributed by atoms with Gasteiger partial charge in [-0.25, -0.2) is 9.97 Å². The molecule has 0 aliphatic rings. The van der Waals surface area contributed by atoms with Gasteiger partial charge in [0.25, 0.3) is 0 Å². The number of nitrogens with zero attached hydrogens (tertiary/aromatic N) is 4. The summed E-state index contributed by atoms with van der Waals surface area (Å²) >= 11 is 0. The highest BCUT2D eigenvalue weighted by atomic mass is 15.4. The minimum Gasteiger partial charge on any atom is -0.326 e. The van der Waals surface area contributed by atoms with Gasteiger partial charge in [0.05, 0.1) is 0 Å². The Kier molecular flexibility index (Phi) is 2.47. The molecule has 5 nitrogen and oxygen atoms in total. The minimum atomic E-state index is 0.502. The maximum atomic E-state index is 5.57. The van der Waals surface area contributed by atoms with Crippen LogP contribution < -0.4 is 5.73 Å². The summed E-state index contributed by atoms with van der Waals surface area (Å²) < 4.78 is 1.72. The third-order valence-electron chi connectivity index (χ3n) is 2.14. The third kappa shape index (κ3) is 1.87. The molecule has 2 N–H and O–H groups in total. The molecule has 0 fully saturated rings. The highest BCUT2D eigenvalue weighted by Gasteiger charge is 2.06. The van der Waals surface area contributed by atoms with Gasteiger partial charge in [-0.1, -0.05) is 0 Å². The molecule has 5 heteroatoms. The van der Waals surface area contributed by atoms with Crippen molar-refractivity contribution in [1.29, 1.82) is 0 Å². The first kappa shape index (κ1) is 9.79. The number of pyridine rings is 1. The van der Waals surface area contributed by atoms with Gasteiger partial charge in [0.15, 0.2) is 5.82 Å². The number of hydrogen-bond acceptors (Lipinski definition) is 4. The van der Waals surface area contributed by atoms with Crippen LogP contribution >= 0.6 is 0 Å². The number of hydrogen-bond donors (Lipinski definition) is 1.